The van der Waals surface area contributed by atoms with Crippen LogP contribution >= 0.6 is 0 Å². The highest BCUT2D eigenvalue weighted by Crippen LogP contribution is 2.17. The van der Waals surface area contributed by atoms with E-state index in [0.717, 1.165) is 37.9 Å². The standard InChI is InChI=1S/C13H22N2O/c1-15(10-8-14-12-6-7-12)9-2-4-13-5-3-11-16-13/h3,5,11-12,14H,2,4,6-10H2,1H3. The summed E-state index contributed by atoms with van der Waals surface area (Å²) < 4.78 is 5.31. The van der Waals surface area contributed by atoms with Gasteiger partial charge in [0.15, 0.2) is 0 Å². The number of nitrogens with zero attached hydrogens (tertiary/aromatic N) is 1. The molecule has 0 bridgehead atoms. The zero-order chi connectivity index (χ0) is 11.2. The fraction of sp³-hybridized carbons (Fsp3) is 0.692. The first kappa shape index (κ1) is 11.7. The van der Waals surface area contributed by atoms with Gasteiger partial charge >= 0.3 is 0 Å². The summed E-state index contributed by atoms with van der Waals surface area (Å²) >= 11 is 0. The third-order valence-electron chi connectivity index (χ3n) is 3.05. The maximum Gasteiger partial charge on any atom is 0.103 e. The van der Waals surface area contributed by atoms with Gasteiger partial charge in [0.05, 0.1) is 6.26 Å². The summed E-state index contributed by atoms with van der Waals surface area (Å²) in [6, 6.07) is 4.84. The molecule has 1 aromatic rings. The normalized spacial score (nSPS) is 15.9. The zero-order valence-corrected chi connectivity index (χ0v) is 10.1. The van der Waals surface area contributed by atoms with E-state index in [9.17, 15) is 0 Å². The van der Waals surface area contributed by atoms with Crippen molar-refractivity contribution < 1.29 is 4.42 Å². The van der Waals surface area contributed by atoms with Gasteiger partial charge in [-0.1, -0.05) is 0 Å². The molecule has 0 atom stereocenters. The Kier molecular flexibility index (Phi) is 4.43. The number of likely N-dealkylation sites (N-methyl/N-ethyl adjacent to an activating group) is 1. The molecule has 1 aliphatic rings. The average molecular weight is 222 g/mol. The summed E-state index contributed by atoms with van der Waals surface area (Å²) in [5, 5.41) is 3.53. The number of hydrogen-bond acceptors (Lipinski definition) is 3. The van der Waals surface area contributed by atoms with Crippen molar-refractivity contribution in [3.63, 3.8) is 0 Å². The maximum atomic E-state index is 5.31. The molecule has 1 aliphatic carbocycles. The quantitative estimate of drug-likeness (QED) is 0.728. The molecule has 0 radical (unpaired) electrons. The van der Waals surface area contributed by atoms with Gasteiger partial charge in [-0.3, -0.25) is 0 Å². The fourth-order valence-corrected chi connectivity index (χ4v) is 1.84. The molecule has 0 unspecified atom stereocenters. The van der Waals surface area contributed by atoms with Crippen LogP contribution in [0.1, 0.15) is 25.0 Å². The number of hydrogen-bond donors (Lipinski definition) is 1. The van der Waals surface area contributed by atoms with Crippen LogP contribution in [-0.2, 0) is 6.42 Å². The molecule has 3 nitrogen and oxygen atoms in total. The van der Waals surface area contributed by atoms with Crippen molar-refractivity contribution in [1.82, 2.24) is 10.2 Å². The molecule has 1 saturated carbocycles. The fourth-order valence-electron chi connectivity index (χ4n) is 1.84. The van der Waals surface area contributed by atoms with Gasteiger partial charge in [-0.25, -0.2) is 0 Å². The minimum Gasteiger partial charge on any atom is -0.469 e. The number of furan rings is 1. The van der Waals surface area contributed by atoms with Crippen LogP contribution in [0.15, 0.2) is 22.8 Å². The molecule has 3 heteroatoms. The van der Waals surface area contributed by atoms with Crippen molar-refractivity contribution >= 4 is 0 Å². The molecule has 2 rings (SSSR count). The molecule has 1 aromatic heterocycles. The van der Waals surface area contributed by atoms with E-state index in [1.165, 1.54) is 19.3 Å². The Balaban J connectivity index is 1.48. The molecule has 0 aliphatic heterocycles. The van der Waals surface area contributed by atoms with E-state index in [-0.39, 0.29) is 0 Å². The minimum atomic E-state index is 0.830. The molecule has 0 spiro atoms. The van der Waals surface area contributed by atoms with Crippen molar-refractivity contribution in [3.8, 4) is 0 Å². The van der Waals surface area contributed by atoms with Crippen molar-refractivity contribution in [3.05, 3.63) is 24.2 Å². The Labute approximate surface area is 97.8 Å². The van der Waals surface area contributed by atoms with Crippen LogP contribution in [0.4, 0.5) is 0 Å². The molecule has 0 amide bonds. The van der Waals surface area contributed by atoms with Crippen LogP contribution in [0.3, 0.4) is 0 Å². The van der Waals surface area contributed by atoms with Gasteiger partial charge in [0.1, 0.15) is 5.76 Å². The van der Waals surface area contributed by atoms with Gasteiger partial charge in [0, 0.05) is 25.6 Å². The van der Waals surface area contributed by atoms with Crippen LogP contribution in [0.5, 0.6) is 0 Å². The Hall–Kier alpha value is -0.800. The molecule has 16 heavy (non-hydrogen) atoms. The van der Waals surface area contributed by atoms with Gasteiger partial charge in [-0.05, 0) is 45.0 Å². The molecule has 1 heterocycles. The second kappa shape index (κ2) is 6.06. The van der Waals surface area contributed by atoms with E-state index in [1.54, 1.807) is 6.26 Å². The van der Waals surface area contributed by atoms with Crippen LogP contribution in [0.2, 0.25) is 0 Å². The first-order valence-electron chi connectivity index (χ1n) is 6.29. The Morgan fingerprint density at radius 1 is 1.44 bits per heavy atom. The van der Waals surface area contributed by atoms with E-state index in [4.69, 9.17) is 4.42 Å². The lowest BCUT2D eigenvalue weighted by molar-refractivity contribution is 0.322. The van der Waals surface area contributed by atoms with E-state index in [0.29, 0.717) is 0 Å². The van der Waals surface area contributed by atoms with E-state index < -0.39 is 0 Å². The van der Waals surface area contributed by atoms with Gasteiger partial charge in [-0.2, -0.15) is 0 Å². The Morgan fingerprint density at radius 2 is 2.31 bits per heavy atom. The lowest BCUT2D eigenvalue weighted by Crippen LogP contribution is -2.31. The highest BCUT2D eigenvalue weighted by atomic mass is 16.3. The van der Waals surface area contributed by atoms with E-state index >= 15 is 0 Å². The smallest absolute Gasteiger partial charge is 0.103 e. The molecular weight excluding hydrogens is 200 g/mol. The van der Waals surface area contributed by atoms with Gasteiger partial charge in [0.2, 0.25) is 0 Å². The summed E-state index contributed by atoms with van der Waals surface area (Å²) in [5.74, 6) is 1.10. The number of aryl methyl sites for hydroxylation is 1. The van der Waals surface area contributed by atoms with Crippen molar-refractivity contribution in [2.45, 2.75) is 31.7 Å². The van der Waals surface area contributed by atoms with E-state index in [2.05, 4.69) is 23.3 Å². The van der Waals surface area contributed by atoms with Gasteiger partial charge < -0.3 is 14.6 Å². The highest BCUT2D eigenvalue weighted by Gasteiger charge is 2.19. The summed E-state index contributed by atoms with van der Waals surface area (Å²) in [6.07, 6.45) is 6.73. The average Bonchev–Trinajstić information content (AvgIpc) is 2.94. The molecule has 1 N–H and O–H groups in total. The summed E-state index contributed by atoms with van der Waals surface area (Å²) in [4.78, 5) is 2.39. The summed E-state index contributed by atoms with van der Waals surface area (Å²) in [5.41, 5.74) is 0. The van der Waals surface area contributed by atoms with Crippen LogP contribution < -0.4 is 5.32 Å². The highest BCUT2D eigenvalue weighted by molar-refractivity contribution is 4.97. The third kappa shape index (κ3) is 4.37. The largest absolute Gasteiger partial charge is 0.469 e. The predicted molar refractivity (Wildman–Crippen MR) is 65.6 cm³/mol. The molecule has 0 aromatic carbocycles. The molecule has 1 fully saturated rings. The monoisotopic (exact) mass is 222 g/mol. The van der Waals surface area contributed by atoms with Gasteiger partial charge in [-0.15, -0.1) is 0 Å². The van der Waals surface area contributed by atoms with Gasteiger partial charge in [0.25, 0.3) is 0 Å². The number of rotatable bonds is 8. The molecule has 0 saturated heterocycles. The molecule has 90 valence electrons. The van der Waals surface area contributed by atoms with Crippen molar-refractivity contribution in [2.24, 2.45) is 0 Å². The number of nitrogens with one attached hydrogen (secondary N) is 1. The first-order chi connectivity index (χ1) is 7.84. The van der Waals surface area contributed by atoms with Crippen LogP contribution in [0.25, 0.3) is 0 Å². The maximum absolute atomic E-state index is 5.31. The predicted octanol–water partition coefficient (Wildman–Crippen LogP) is 1.90. The van der Waals surface area contributed by atoms with E-state index in [1.807, 2.05) is 6.07 Å². The zero-order valence-electron chi connectivity index (χ0n) is 10.1. The second-order valence-corrected chi connectivity index (χ2v) is 4.71. The lowest BCUT2D eigenvalue weighted by Gasteiger charge is -2.16. The molecular formula is C13H22N2O. The Bertz CT molecular complexity index is 280. The Morgan fingerprint density at radius 3 is 3.00 bits per heavy atom. The van der Waals surface area contributed by atoms with Crippen molar-refractivity contribution in [1.29, 1.82) is 0 Å². The lowest BCUT2D eigenvalue weighted by atomic mass is 10.2. The minimum absolute atomic E-state index is 0.830. The summed E-state index contributed by atoms with van der Waals surface area (Å²) in [7, 11) is 2.19. The SMILES string of the molecule is CN(CCCc1ccco1)CCNC1CC1. The summed E-state index contributed by atoms with van der Waals surface area (Å²) in [6.45, 7) is 3.42. The topological polar surface area (TPSA) is 28.4 Å². The first-order valence-corrected chi connectivity index (χ1v) is 6.29. The van der Waals surface area contributed by atoms with Crippen molar-refractivity contribution in [2.75, 3.05) is 26.7 Å². The van der Waals surface area contributed by atoms with Crippen LogP contribution in [-0.4, -0.2) is 37.6 Å². The third-order valence-corrected chi connectivity index (χ3v) is 3.05. The van der Waals surface area contributed by atoms with Crippen LogP contribution in [0, 0.1) is 0 Å². The second-order valence-electron chi connectivity index (χ2n) is 4.71.